The number of piperazine rings is 1. The first-order chi connectivity index (χ1) is 26.5. The Kier molecular flexibility index (Phi) is 17.4. The van der Waals surface area contributed by atoms with Crippen LogP contribution in [0.2, 0.25) is 0 Å². The summed E-state index contributed by atoms with van der Waals surface area (Å²) in [6.45, 7) is 21.2. The molecule has 1 aromatic rings. The zero-order valence-corrected chi connectivity index (χ0v) is 36.6. The van der Waals surface area contributed by atoms with Gasteiger partial charge in [0.1, 0.15) is 22.8 Å². The maximum atomic E-state index is 13.5. The number of nitrogens with one attached hydrogen (secondary N) is 1. The number of nitrogens with zero attached hydrogens (tertiary/aromatic N) is 6. The Morgan fingerprint density at radius 2 is 1.46 bits per heavy atom. The van der Waals surface area contributed by atoms with Gasteiger partial charge in [0.15, 0.2) is 0 Å². The SMILES string of the molecule is CCOP(=O)(CCN1CCN(c2cc(N)nc(NC3CCC(CN(CCCN(C(=O)OC(C)(C)C)C4CCCCC4)C(=O)OC(C)(C)C)CC3)n2)CC1)OCC. The smallest absolute Gasteiger partial charge is 0.410 e. The maximum Gasteiger partial charge on any atom is 0.410 e. The van der Waals surface area contributed by atoms with Gasteiger partial charge in [-0.05, 0) is 106 Å². The summed E-state index contributed by atoms with van der Waals surface area (Å²) < 4.78 is 35.5. The fourth-order valence-corrected chi connectivity index (χ4v) is 9.49. The molecule has 3 fully saturated rings. The fraction of sp³-hybridized carbons (Fsp3) is 0.850. The van der Waals surface area contributed by atoms with E-state index in [4.69, 9.17) is 29.2 Å². The van der Waals surface area contributed by atoms with E-state index in [1.54, 1.807) is 0 Å². The molecule has 3 N–H and O–H groups in total. The average molecular weight is 809 g/mol. The Hall–Kier alpha value is -2.87. The lowest BCUT2D eigenvalue weighted by Gasteiger charge is -2.37. The normalized spacial score (nSPS) is 20.4. The highest BCUT2D eigenvalue weighted by atomic mass is 31.2. The van der Waals surface area contributed by atoms with Gasteiger partial charge in [-0.25, -0.2) is 9.59 Å². The Morgan fingerprint density at radius 1 is 0.857 bits per heavy atom. The van der Waals surface area contributed by atoms with Crippen molar-refractivity contribution in [1.29, 1.82) is 0 Å². The fourth-order valence-electron chi connectivity index (χ4n) is 7.84. The molecule has 1 aliphatic heterocycles. The van der Waals surface area contributed by atoms with Gasteiger partial charge in [0.25, 0.3) is 0 Å². The molecular weight excluding hydrogens is 735 g/mol. The number of carbonyl (C=O) groups excluding carboxylic acids is 2. The van der Waals surface area contributed by atoms with Crippen LogP contribution in [-0.4, -0.2) is 132 Å². The molecule has 0 atom stereocenters. The lowest BCUT2D eigenvalue weighted by atomic mass is 9.85. The number of nitrogen functional groups attached to an aromatic ring is 1. The van der Waals surface area contributed by atoms with Gasteiger partial charge in [-0.2, -0.15) is 9.97 Å². The highest BCUT2D eigenvalue weighted by molar-refractivity contribution is 7.53. The molecule has 56 heavy (non-hydrogen) atoms. The van der Waals surface area contributed by atoms with E-state index in [1.165, 1.54) is 6.42 Å². The van der Waals surface area contributed by atoms with E-state index < -0.39 is 18.8 Å². The van der Waals surface area contributed by atoms with Gasteiger partial charge in [0.05, 0.1) is 19.4 Å². The van der Waals surface area contributed by atoms with Gasteiger partial charge in [-0.15, -0.1) is 0 Å². The zero-order chi connectivity index (χ0) is 40.9. The van der Waals surface area contributed by atoms with Crippen LogP contribution < -0.4 is 16.0 Å². The monoisotopic (exact) mass is 809 g/mol. The summed E-state index contributed by atoms with van der Waals surface area (Å²) >= 11 is 0. The van der Waals surface area contributed by atoms with E-state index >= 15 is 0 Å². The van der Waals surface area contributed by atoms with Crippen LogP contribution in [-0.2, 0) is 23.1 Å². The third-order valence-corrected chi connectivity index (χ3v) is 12.6. The first-order valence-electron chi connectivity index (χ1n) is 21.2. The van der Waals surface area contributed by atoms with Crippen molar-refractivity contribution in [1.82, 2.24) is 24.7 Å². The molecule has 0 radical (unpaired) electrons. The van der Waals surface area contributed by atoms with Crippen LogP contribution >= 0.6 is 7.60 Å². The highest BCUT2D eigenvalue weighted by Crippen LogP contribution is 2.47. The first kappa shape index (κ1) is 45.8. The molecule has 0 aromatic carbocycles. The molecule has 0 spiro atoms. The number of hydrogen-bond acceptors (Lipinski definition) is 13. The molecule has 16 heteroatoms. The third kappa shape index (κ3) is 15.5. The Morgan fingerprint density at radius 3 is 2.05 bits per heavy atom. The summed E-state index contributed by atoms with van der Waals surface area (Å²) in [6, 6.07) is 2.19. The first-order valence-corrected chi connectivity index (χ1v) is 22.9. The molecule has 2 heterocycles. The Bertz CT molecular complexity index is 1410. The molecule has 2 saturated carbocycles. The van der Waals surface area contributed by atoms with E-state index in [2.05, 4.69) is 20.1 Å². The van der Waals surface area contributed by atoms with Gasteiger partial charge < -0.3 is 44.3 Å². The quantitative estimate of drug-likeness (QED) is 0.148. The largest absolute Gasteiger partial charge is 0.444 e. The molecule has 3 aliphatic rings. The van der Waals surface area contributed by atoms with Crippen LogP contribution in [0.1, 0.15) is 120 Å². The third-order valence-electron chi connectivity index (χ3n) is 10.6. The van der Waals surface area contributed by atoms with Gasteiger partial charge >= 0.3 is 19.8 Å². The summed E-state index contributed by atoms with van der Waals surface area (Å²) in [5.41, 5.74) is 5.11. The van der Waals surface area contributed by atoms with Crippen LogP contribution in [0, 0.1) is 5.92 Å². The maximum absolute atomic E-state index is 13.5. The summed E-state index contributed by atoms with van der Waals surface area (Å²) in [4.78, 5) is 44.4. The molecule has 2 amide bonds. The molecule has 320 valence electrons. The van der Waals surface area contributed by atoms with Crippen molar-refractivity contribution in [2.24, 2.45) is 5.92 Å². The topological polar surface area (TPSA) is 165 Å². The zero-order valence-electron chi connectivity index (χ0n) is 35.7. The molecular formula is C40H73N8O7P. The van der Waals surface area contributed by atoms with Crippen molar-refractivity contribution < 1.29 is 32.7 Å². The second kappa shape index (κ2) is 21.2. The number of nitrogens with two attached hydrogens (primary N) is 1. The van der Waals surface area contributed by atoms with Crippen molar-refractivity contribution >= 4 is 37.4 Å². The highest BCUT2D eigenvalue weighted by Gasteiger charge is 2.32. The minimum Gasteiger partial charge on any atom is -0.444 e. The minimum absolute atomic E-state index is 0.173. The summed E-state index contributed by atoms with van der Waals surface area (Å²) in [6.07, 6.45) is 9.59. The van der Waals surface area contributed by atoms with E-state index in [-0.39, 0.29) is 24.3 Å². The van der Waals surface area contributed by atoms with Gasteiger partial charge in [-0.3, -0.25) is 9.46 Å². The van der Waals surface area contributed by atoms with Crippen molar-refractivity contribution in [3.8, 4) is 0 Å². The standard InChI is InChI=1S/C40H73N8O7P/c1-9-52-56(51,53-10-2)28-27-45-23-25-46(26-24-45)35-29-34(41)43-36(44-35)42-32-19-17-31(18-20-32)30-47(37(49)54-39(3,4)5)21-14-22-48(33-15-12-11-13-16-33)38(50)55-40(6,7)8/h29,31-33H,9-28,30H2,1-8H3,(H3,41,42,43,44). The number of amides is 2. The number of anilines is 3. The number of hydrogen-bond donors (Lipinski definition) is 2. The number of ether oxygens (including phenoxy) is 2. The van der Waals surface area contributed by atoms with Gasteiger partial charge in [0, 0.05) is 70.5 Å². The summed E-state index contributed by atoms with van der Waals surface area (Å²) in [7, 11) is -3.07. The molecule has 15 nitrogen and oxygen atoms in total. The second-order valence-electron chi connectivity index (χ2n) is 17.6. The van der Waals surface area contributed by atoms with Crippen molar-refractivity contribution in [3.05, 3.63) is 6.07 Å². The van der Waals surface area contributed by atoms with Gasteiger partial charge in [0.2, 0.25) is 5.95 Å². The van der Waals surface area contributed by atoms with Crippen molar-refractivity contribution in [2.75, 3.05) is 87.7 Å². The number of aromatic nitrogens is 2. The van der Waals surface area contributed by atoms with E-state index in [0.29, 0.717) is 69.7 Å². The Balaban J connectivity index is 1.29. The van der Waals surface area contributed by atoms with E-state index in [0.717, 1.165) is 83.4 Å². The van der Waals surface area contributed by atoms with E-state index in [9.17, 15) is 14.2 Å². The predicted octanol–water partition coefficient (Wildman–Crippen LogP) is 7.61. The minimum atomic E-state index is -3.07. The lowest BCUT2D eigenvalue weighted by molar-refractivity contribution is 0.00913. The van der Waals surface area contributed by atoms with Crippen LogP contribution in [0.3, 0.4) is 0 Å². The lowest BCUT2D eigenvalue weighted by Crippen LogP contribution is -2.47. The van der Waals surface area contributed by atoms with Crippen LogP contribution in [0.4, 0.5) is 27.2 Å². The molecule has 0 bridgehead atoms. The van der Waals surface area contributed by atoms with Crippen molar-refractivity contribution in [2.45, 2.75) is 143 Å². The van der Waals surface area contributed by atoms with Crippen LogP contribution in [0.5, 0.6) is 0 Å². The summed E-state index contributed by atoms with van der Waals surface area (Å²) in [5, 5.41) is 3.55. The number of carbonyl (C=O) groups is 2. The van der Waals surface area contributed by atoms with Crippen LogP contribution in [0.25, 0.3) is 0 Å². The Labute approximate surface area is 336 Å². The average Bonchev–Trinajstić information content (AvgIpc) is 3.12. The molecule has 0 unspecified atom stereocenters. The predicted molar refractivity (Wildman–Crippen MR) is 222 cm³/mol. The van der Waals surface area contributed by atoms with E-state index in [1.807, 2.05) is 71.3 Å². The van der Waals surface area contributed by atoms with Crippen LogP contribution in [0.15, 0.2) is 6.07 Å². The molecule has 1 saturated heterocycles. The van der Waals surface area contributed by atoms with Crippen molar-refractivity contribution in [3.63, 3.8) is 0 Å². The summed E-state index contributed by atoms with van der Waals surface area (Å²) in [5.74, 6) is 2.07. The molecule has 2 aliphatic carbocycles. The second-order valence-corrected chi connectivity index (χ2v) is 19.8. The van der Waals surface area contributed by atoms with Gasteiger partial charge in [-0.1, -0.05) is 19.3 Å². The molecule has 4 rings (SSSR count). The number of rotatable bonds is 17. The molecule has 1 aromatic heterocycles.